The zero-order valence-corrected chi connectivity index (χ0v) is 32.5. The first kappa shape index (κ1) is 41.5. The van der Waals surface area contributed by atoms with Gasteiger partial charge in [-0.1, -0.05) is 76.3 Å². The van der Waals surface area contributed by atoms with Crippen LogP contribution in [0.25, 0.3) is 0 Å². The van der Waals surface area contributed by atoms with Gasteiger partial charge in [-0.25, -0.2) is 0 Å². The van der Waals surface area contributed by atoms with Crippen LogP contribution in [-0.2, 0) is 23.7 Å². The number of halogens is 3. The van der Waals surface area contributed by atoms with Gasteiger partial charge in [0.2, 0.25) is 23.4 Å². The van der Waals surface area contributed by atoms with E-state index in [4.69, 9.17) is 40.5 Å². The van der Waals surface area contributed by atoms with Gasteiger partial charge in [-0.05, 0) is 72.8 Å². The first-order valence-electron chi connectivity index (χ1n) is 16.0. The maximum Gasteiger partial charge on any atom is 0.229 e. The fourth-order valence-electron chi connectivity index (χ4n) is 4.17. The third-order valence-electron chi connectivity index (χ3n) is 7.31. The molecule has 0 aliphatic carbocycles. The summed E-state index contributed by atoms with van der Waals surface area (Å²) in [5.41, 5.74) is 8.07. The minimum absolute atomic E-state index is 0.000164. The summed E-state index contributed by atoms with van der Waals surface area (Å²) in [5.74, 6) is -0.597. The van der Waals surface area contributed by atoms with E-state index >= 15 is 0 Å². The number of benzene rings is 3. The molecule has 14 heteroatoms. The Morgan fingerprint density at radius 1 is 0.596 bits per heavy atom. The summed E-state index contributed by atoms with van der Waals surface area (Å²) < 4.78 is 2.99. The molecule has 5 rings (SSSR count). The van der Waals surface area contributed by atoms with E-state index in [1.54, 1.807) is 120 Å². The van der Waals surface area contributed by atoms with E-state index in [1.807, 2.05) is 20.8 Å². The quantitative estimate of drug-likeness (QED) is 0.116. The molecule has 0 bridgehead atoms. The number of nitrogens with zero attached hydrogens (tertiary/aromatic N) is 4. The van der Waals surface area contributed by atoms with Crippen LogP contribution in [0.15, 0.2) is 85.2 Å². The van der Waals surface area contributed by atoms with Crippen LogP contribution in [0.2, 0.25) is 15.1 Å². The SMILES string of the molecule is CC(C)(C)C(=O)Nc1ccc(Cl)cc1.Cn1nccc1C(=O)c1cc(Cl)ccc1N.Cn1nccc1C(=O)c1cc(Cl)ccc1NC(=O)C(C)(C)C. The number of carbonyl (C=O) groups is 4. The summed E-state index contributed by atoms with van der Waals surface area (Å²) in [5, 5.41) is 15.1. The predicted octanol–water partition coefficient (Wildman–Crippen LogP) is 8.50. The van der Waals surface area contributed by atoms with Crippen molar-refractivity contribution in [1.29, 1.82) is 0 Å². The number of hydrogen-bond donors (Lipinski definition) is 3. The Bertz CT molecular complexity index is 2060. The molecular formula is C38H42Cl3N7O4. The average molecular weight is 767 g/mol. The molecule has 0 radical (unpaired) electrons. The van der Waals surface area contributed by atoms with E-state index in [9.17, 15) is 19.2 Å². The largest absolute Gasteiger partial charge is 0.398 e. The number of nitrogen functional groups attached to an aromatic ring is 1. The van der Waals surface area contributed by atoms with Gasteiger partial charge in [-0.3, -0.25) is 28.5 Å². The Morgan fingerprint density at radius 3 is 1.48 bits per heavy atom. The lowest BCUT2D eigenvalue weighted by Gasteiger charge is -2.19. The highest BCUT2D eigenvalue weighted by atomic mass is 35.5. The molecule has 0 aliphatic rings. The number of aryl methyl sites for hydroxylation is 2. The van der Waals surface area contributed by atoms with Gasteiger partial charge in [0.1, 0.15) is 11.4 Å². The standard InChI is InChI=1S/C16H18ClN3O2.C11H10ClN3O.C11H14ClNO/c1-16(2,3)15(22)19-12-6-5-10(17)9-11(12)14(21)13-7-8-18-20(13)4;1-15-10(4-5-14-15)11(16)8-6-7(12)2-3-9(8)13;1-11(2,3)10(14)13-9-6-4-8(12)5-7-9/h5-9H,1-4H3,(H,19,22);2-6H,13H2,1H3;4-7H,1-3H3,(H,13,14). The third-order valence-corrected chi connectivity index (χ3v) is 8.03. The van der Waals surface area contributed by atoms with Crippen LogP contribution in [0.5, 0.6) is 0 Å². The average Bonchev–Trinajstić information content (AvgIpc) is 3.70. The summed E-state index contributed by atoms with van der Waals surface area (Å²) in [6.07, 6.45) is 3.11. The van der Waals surface area contributed by atoms with E-state index in [0.717, 1.165) is 5.69 Å². The number of ketones is 2. The molecule has 52 heavy (non-hydrogen) atoms. The number of carbonyl (C=O) groups excluding carboxylic acids is 4. The molecule has 0 saturated heterocycles. The summed E-state index contributed by atoms with van der Waals surface area (Å²) in [6.45, 7) is 11.0. The van der Waals surface area contributed by atoms with Gasteiger partial charge in [-0.15, -0.1) is 0 Å². The van der Waals surface area contributed by atoms with Crippen LogP contribution in [0.3, 0.4) is 0 Å². The molecule has 0 saturated carbocycles. The van der Waals surface area contributed by atoms with Gasteiger partial charge in [0.25, 0.3) is 0 Å². The van der Waals surface area contributed by atoms with E-state index in [2.05, 4.69) is 20.8 Å². The second kappa shape index (κ2) is 17.5. The molecule has 2 heterocycles. The van der Waals surface area contributed by atoms with E-state index in [0.29, 0.717) is 49.0 Å². The summed E-state index contributed by atoms with van der Waals surface area (Å²) in [7, 11) is 3.39. The van der Waals surface area contributed by atoms with Crippen molar-refractivity contribution in [3.8, 4) is 0 Å². The molecule has 2 amide bonds. The smallest absolute Gasteiger partial charge is 0.229 e. The van der Waals surface area contributed by atoms with Gasteiger partial charge in [0, 0.05) is 74.9 Å². The zero-order valence-electron chi connectivity index (χ0n) is 30.2. The topological polar surface area (TPSA) is 154 Å². The number of hydrogen-bond acceptors (Lipinski definition) is 7. The number of anilines is 3. The van der Waals surface area contributed by atoms with Crippen LogP contribution < -0.4 is 16.4 Å². The Balaban J connectivity index is 0.000000217. The Labute approximate surface area is 318 Å². The van der Waals surface area contributed by atoms with Crippen molar-refractivity contribution in [2.45, 2.75) is 41.5 Å². The van der Waals surface area contributed by atoms with Crippen molar-refractivity contribution in [2.24, 2.45) is 24.9 Å². The molecule has 0 unspecified atom stereocenters. The molecule has 3 aromatic carbocycles. The van der Waals surface area contributed by atoms with Crippen molar-refractivity contribution < 1.29 is 19.2 Å². The van der Waals surface area contributed by atoms with Gasteiger partial charge < -0.3 is 16.4 Å². The molecule has 0 spiro atoms. The van der Waals surface area contributed by atoms with Crippen LogP contribution in [0.1, 0.15) is 73.6 Å². The first-order chi connectivity index (χ1) is 24.2. The maximum atomic E-state index is 12.7. The van der Waals surface area contributed by atoms with E-state index < -0.39 is 5.41 Å². The van der Waals surface area contributed by atoms with Crippen LogP contribution >= 0.6 is 34.8 Å². The highest BCUT2D eigenvalue weighted by Crippen LogP contribution is 2.26. The second-order valence-electron chi connectivity index (χ2n) is 13.7. The number of aromatic nitrogens is 4. The van der Waals surface area contributed by atoms with Crippen LogP contribution in [-0.4, -0.2) is 42.9 Å². The van der Waals surface area contributed by atoms with Crippen LogP contribution in [0.4, 0.5) is 17.1 Å². The molecule has 0 aliphatic heterocycles. The highest BCUT2D eigenvalue weighted by molar-refractivity contribution is 6.32. The Morgan fingerprint density at radius 2 is 1.02 bits per heavy atom. The fourth-order valence-corrected chi connectivity index (χ4v) is 4.64. The van der Waals surface area contributed by atoms with Gasteiger partial charge >= 0.3 is 0 Å². The lowest BCUT2D eigenvalue weighted by atomic mass is 9.95. The summed E-state index contributed by atoms with van der Waals surface area (Å²) >= 11 is 17.6. The highest BCUT2D eigenvalue weighted by Gasteiger charge is 2.25. The predicted molar refractivity (Wildman–Crippen MR) is 208 cm³/mol. The molecule has 0 fully saturated rings. The zero-order chi connectivity index (χ0) is 39.0. The molecule has 11 nitrogen and oxygen atoms in total. The molecule has 4 N–H and O–H groups in total. The number of rotatable bonds is 6. The maximum absolute atomic E-state index is 12.7. The lowest BCUT2D eigenvalue weighted by molar-refractivity contribution is -0.123. The van der Waals surface area contributed by atoms with Crippen molar-refractivity contribution in [3.05, 3.63) is 123 Å². The molecule has 274 valence electrons. The first-order valence-corrected chi connectivity index (χ1v) is 17.1. The van der Waals surface area contributed by atoms with Gasteiger partial charge in [0.05, 0.1) is 5.69 Å². The monoisotopic (exact) mass is 765 g/mol. The minimum Gasteiger partial charge on any atom is -0.398 e. The van der Waals surface area contributed by atoms with Crippen molar-refractivity contribution in [3.63, 3.8) is 0 Å². The molecule has 0 atom stereocenters. The van der Waals surface area contributed by atoms with E-state index in [1.165, 1.54) is 9.36 Å². The minimum atomic E-state index is -0.563. The number of nitrogens with two attached hydrogens (primary N) is 1. The normalized spacial score (nSPS) is 11.0. The number of nitrogens with one attached hydrogen (secondary N) is 2. The Hall–Kier alpha value is -4.97. The second-order valence-corrected chi connectivity index (χ2v) is 15.0. The summed E-state index contributed by atoms with van der Waals surface area (Å²) in [6, 6.07) is 20.0. The lowest BCUT2D eigenvalue weighted by Crippen LogP contribution is -2.28. The van der Waals surface area contributed by atoms with Gasteiger partial charge in [-0.2, -0.15) is 10.2 Å². The Kier molecular flexibility index (Phi) is 13.9. The van der Waals surface area contributed by atoms with Crippen molar-refractivity contribution >= 4 is 75.2 Å². The molecule has 2 aromatic heterocycles. The fraction of sp³-hybridized carbons (Fsp3) is 0.263. The third kappa shape index (κ3) is 11.5. The van der Waals surface area contributed by atoms with Crippen molar-refractivity contribution in [1.82, 2.24) is 19.6 Å². The van der Waals surface area contributed by atoms with E-state index in [-0.39, 0.29) is 28.8 Å². The van der Waals surface area contributed by atoms with Gasteiger partial charge in [0.15, 0.2) is 0 Å². The number of amides is 2. The van der Waals surface area contributed by atoms with Crippen LogP contribution in [0, 0.1) is 10.8 Å². The van der Waals surface area contributed by atoms with Crippen molar-refractivity contribution in [2.75, 3.05) is 16.4 Å². The molecule has 5 aromatic rings. The summed E-state index contributed by atoms with van der Waals surface area (Å²) in [4.78, 5) is 48.5. The molecular weight excluding hydrogens is 725 g/mol.